The largest absolute Gasteiger partial charge is 0.492 e. The van der Waals surface area contributed by atoms with Crippen LogP contribution in [0.15, 0.2) is 18.2 Å². The fourth-order valence-corrected chi connectivity index (χ4v) is 1.74. The van der Waals surface area contributed by atoms with Gasteiger partial charge in [0.1, 0.15) is 12.4 Å². The molecular formula is C14H20N2O4. The van der Waals surface area contributed by atoms with E-state index in [0.717, 1.165) is 18.6 Å². The Morgan fingerprint density at radius 2 is 2.05 bits per heavy atom. The molecule has 1 aliphatic rings. The summed E-state index contributed by atoms with van der Waals surface area (Å²) < 4.78 is 16.0. The highest BCUT2D eigenvalue weighted by molar-refractivity contribution is 5.73. The maximum atomic E-state index is 11.4. The van der Waals surface area contributed by atoms with Crippen molar-refractivity contribution in [3.63, 3.8) is 0 Å². The minimum absolute atomic E-state index is 0.160. The zero-order chi connectivity index (χ0) is 14.2. The summed E-state index contributed by atoms with van der Waals surface area (Å²) in [5.74, 6) is 2.11. The molecule has 20 heavy (non-hydrogen) atoms. The summed E-state index contributed by atoms with van der Waals surface area (Å²) in [5.41, 5.74) is 0. The first-order valence-electron chi connectivity index (χ1n) is 6.83. The van der Waals surface area contributed by atoms with Gasteiger partial charge in [-0.05, 0) is 18.6 Å². The number of benzene rings is 1. The molecule has 0 unspecified atom stereocenters. The van der Waals surface area contributed by atoms with Crippen molar-refractivity contribution in [3.8, 4) is 17.2 Å². The summed E-state index contributed by atoms with van der Waals surface area (Å²) in [6.45, 7) is 3.88. The van der Waals surface area contributed by atoms with Gasteiger partial charge in [-0.3, -0.25) is 0 Å². The molecule has 0 fully saturated rings. The van der Waals surface area contributed by atoms with E-state index in [0.29, 0.717) is 31.2 Å². The number of ether oxygens (including phenoxy) is 3. The molecule has 0 atom stereocenters. The van der Waals surface area contributed by atoms with E-state index >= 15 is 0 Å². The lowest BCUT2D eigenvalue weighted by atomic mass is 10.3. The second-order valence-corrected chi connectivity index (χ2v) is 4.40. The molecule has 1 aromatic carbocycles. The molecule has 0 saturated carbocycles. The van der Waals surface area contributed by atoms with Crippen molar-refractivity contribution < 1.29 is 19.0 Å². The second-order valence-electron chi connectivity index (χ2n) is 4.40. The van der Waals surface area contributed by atoms with Crippen LogP contribution in [0, 0.1) is 0 Å². The van der Waals surface area contributed by atoms with E-state index in [4.69, 9.17) is 14.2 Å². The minimum Gasteiger partial charge on any atom is -0.492 e. The second kappa shape index (κ2) is 7.47. The highest BCUT2D eigenvalue weighted by Crippen LogP contribution is 2.34. The molecule has 6 heteroatoms. The van der Waals surface area contributed by atoms with Gasteiger partial charge in [0.15, 0.2) is 11.5 Å². The van der Waals surface area contributed by atoms with E-state index in [9.17, 15) is 4.79 Å². The number of fused-ring (bicyclic) bond motifs is 1. The third kappa shape index (κ3) is 4.22. The van der Waals surface area contributed by atoms with Crippen molar-refractivity contribution in [1.82, 2.24) is 10.6 Å². The third-order valence-corrected chi connectivity index (χ3v) is 2.82. The van der Waals surface area contributed by atoms with Crippen molar-refractivity contribution >= 4 is 6.03 Å². The van der Waals surface area contributed by atoms with E-state index in [1.807, 2.05) is 12.1 Å². The first-order chi connectivity index (χ1) is 9.79. The number of carbonyl (C=O) groups excluding carboxylic acids is 1. The number of carbonyl (C=O) groups is 1. The average molecular weight is 280 g/mol. The topological polar surface area (TPSA) is 68.8 Å². The Bertz CT molecular complexity index is 451. The first-order valence-corrected chi connectivity index (χ1v) is 6.83. The normalized spacial score (nSPS) is 12.1. The average Bonchev–Trinajstić information content (AvgIpc) is 2.91. The lowest BCUT2D eigenvalue weighted by molar-refractivity contribution is 0.173. The van der Waals surface area contributed by atoms with Gasteiger partial charge < -0.3 is 24.8 Å². The molecule has 2 N–H and O–H groups in total. The van der Waals surface area contributed by atoms with Crippen LogP contribution in [0.25, 0.3) is 0 Å². The van der Waals surface area contributed by atoms with Gasteiger partial charge in [0, 0.05) is 12.6 Å². The Hall–Kier alpha value is -2.11. The molecule has 6 nitrogen and oxygen atoms in total. The predicted molar refractivity (Wildman–Crippen MR) is 74.4 cm³/mol. The number of rotatable bonds is 7. The minimum atomic E-state index is -0.160. The molecule has 1 aromatic rings. The van der Waals surface area contributed by atoms with Crippen LogP contribution in [0.5, 0.6) is 17.2 Å². The predicted octanol–water partition coefficient (Wildman–Crippen LogP) is 1.89. The summed E-state index contributed by atoms with van der Waals surface area (Å²) in [4.78, 5) is 11.4. The summed E-state index contributed by atoms with van der Waals surface area (Å²) in [7, 11) is 0. The standard InChI is InChI=1S/C14H20N2O4/c1-2-3-6-15-14(17)16-7-8-18-11-4-5-12-13(9-11)20-10-19-12/h4-5,9H,2-3,6-8,10H2,1H3,(H2,15,16,17). The molecule has 2 rings (SSSR count). The molecule has 2 amide bonds. The summed E-state index contributed by atoms with van der Waals surface area (Å²) in [6.07, 6.45) is 2.05. The molecule has 0 radical (unpaired) electrons. The van der Waals surface area contributed by atoms with E-state index in [2.05, 4.69) is 17.6 Å². The zero-order valence-corrected chi connectivity index (χ0v) is 11.6. The van der Waals surface area contributed by atoms with Crippen LogP contribution in [0.4, 0.5) is 4.79 Å². The van der Waals surface area contributed by atoms with E-state index in [1.165, 1.54) is 0 Å². The van der Waals surface area contributed by atoms with Crippen molar-refractivity contribution in [1.29, 1.82) is 0 Å². The molecule has 0 spiro atoms. The fourth-order valence-electron chi connectivity index (χ4n) is 1.74. The maximum Gasteiger partial charge on any atom is 0.314 e. The van der Waals surface area contributed by atoms with Crippen molar-refractivity contribution in [2.75, 3.05) is 26.5 Å². The SMILES string of the molecule is CCCCNC(=O)NCCOc1ccc2c(c1)OCO2. The first kappa shape index (κ1) is 14.3. The lowest BCUT2D eigenvalue weighted by Crippen LogP contribution is -2.38. The van der Waals surface area contributed by atoms with Gasteiger partial charge >= 0.3 is 6.03 Å². The number of amides is 2. The van der Waals surface area contributed by atoms with E-state index in [-0.39, 0.29) is 12.8 Å². The number of urea groups is 1. The molecule has 0 bridgehead atoms. The molecule has 1 heterocycles. The van der Waals surface area contributed by atoms with Crippen molar-refractivity contribution in [2.24, 2.45) is 0 Å². The Kier molecular flexibility index (Phi) is 5.34. The molecule has 0 saturated heterocycles. The van der Waals surface area contributed by atoms with Crippen LogP contribution in [0.3, 0.4) is 0 Å². The van der Waals surface area contributed by atoms with Crippen LogP contribution < -0.4 is 24.8 Å². The third-order valence-electron chi connectivity index (χ3n) is 2.82. The monoisotopic (exact) mass is 280 g/mol. The van der Waals surface area contributed by atoms with E-state index < -0.39 is 0 Å². The smallest absolute Gasteiger partial charge is 0.314 e. The fraction of sp³-hybridized carbons (Fsp3) is 0.500. The van der Waals surface area contributed by atoms with Crippen LogP contribution in [0.2, 0.25) is 0 Å². The number of hydrogen-bond donors (Lipinski definition) is 2. The lowest BCUT2D eigenvalue weighted by Gasteiger charge is -2.09. The molecule has 110 valence electrons. The van der Waals surface area contributed by atoms with Gasteiger partial charge in [-0.2, -0.15) is 0 Å². The van der Waals surface area contributed by atoms with Crippen LogP contribution >= 0.6 is 0 Å². The summed E-state index contributed by atoms with van der Waals surface area (Å²) >= 11 is 0. The Labute approximate surface area is 118 Å². The number of hydrogen-bond acceptors (Lipinski definition) is 4. The van der Waals surface area contributed by atoms with E-state index in [1.54, 1.807) is 6.07 Å². The Morgan fingerprint density at radius 1 is 1.25 bits per heavy atom. The molecule has 0 aliphatic carbocycles. The zero-order valence-electron chi connectivity index (χ0n) is 11.6. The molecular weight excluding hydrogens is 260 g/mol. The highest BCUT2D eigenvalue weighted by Gasteiger charge is 2.13. The number of unbranched alkanes of at least 4 members (excludes halogenated alkanes) is 1. The molecule has 0 aromatic heterocycles. The van der Waals surface area contributed by atoms with Gasteiger partial charge in [0.2, 0.25) is 6.79 Å². The summed E-state index contributed by atoms with van der Waals surface area (Å²) in [5, 5.41) is 5.51. The van der Waals surface area contributed by atoms with Gasteiger partial charge in [-0.15, -0.1) is 0 Å². The quantitative estimate of drug-likeness (QED) is 0.748. The molecule has 1 aliphatic heterocycles. The number of nitrogens with one attached hydrogen (secondary N) is 2. The van der Waals surface area contributed by atoms with Gasteiger partial charge in [-0.1, -0.05) is 13.3 Å². The summed E-state index contributed by atoms with van der Waals surface area (Å²) in [6, 6.07) is 5.24. The Balaban J connectivity index is 1.62. The van der Waals surface area contributed by atoms with Crippen LogP contribution in [-0.4, -0.2) is 32.5 Å². The van der Waals surface area contributed by atoms with Crippen LogP contribution in [-0.2, 0) is 0 Å². The van der Waals surface area contributed by atoms with Gasteiger partial charge in [0.05, 0.1) is 6.54 Å². The van der Waals surface area contributed by atoms with Crippen molar-refractivity contribution in [3.05, 3.63) is 18.2 Å². The van der Waals surface area contributed by atoms with Crippen molar-refractivity contribution in [2.45, 2.75) is 19.8 Å². The van der Waals surface area contributed by atoms with Crippen LogP contribution in [0.1, 0.15) is 19.8 Å². The Morgan fingerprint density at radius 3 is 2.90 bits per heavy atom. The highest BCUT2D eigenvalue weighted by atomic mass is 16.7. The van der Waals surface area contributed by atoms with Gasteiger partial charge in [-0.25, -0.2) is 4.79 Å². The van der Waals surface area contributed by atoms with Gasteiger partial charge in [0.25, 0.3) is 0 Å². The maximum absolute atomic E-state index is 11.4.